The van der Waals surface area contributed by atoms with Gasteiger partial charge in [-0.2, -0.15) is 0 Å². The first kappa shape index (κ1) is 17.9. The number of aliphatic hydroxyl groups is 1. The molecule has 0 saturated carbocycles. The lowest BCUT2D eigenvalue weighted by molar-refractivity contribution is -0.385. The average molecular weight is 330 g/mol. The van der Waals surface area contributed by atoms with Gasteiger partial charge in [-0.25, -0.2) is 0 Å². The summed E-state index contributed by atoms with van der Waals surface area (Å²) in [5.41, 5.74) is 1.63. The van der Waals surface area contributed by atoms with Gasteiger partial charge in [0.1, 0.15) is 5.75 Å². The monoisotopic (exact) mass is 330 g/mol. The maximum absolute atomic E-state index is 10.8. The normalized spacial score (nSPS) is 12.2. The highest BCUT2D eigenvalue weighted by Gasteiger charge is 2.14. The fourth-order valence-corrected chi connectivity index (χ4v) is 2.48. The van der Waals surface area contributed by atoms with Gasteiger partial charge in [0.15, 0.2) is 0 Å². The summed E-state index contributed by atoms with van der Waals surface area (Å²) in [5.74, 6) is 0.834. The van der Waals surface area contributed by atoms with Gasteiger partial charge < -0.3 is 9.84 Å². The molecule has 6 nitrogen and oxygen atoms in total. The second kappa shape index (κ2) is 8.42. The van der Waals surface area contributed by atoms with Gasteiger partial charge in [-0.15, -0.1) is 0 Å². The minimum Gasteiger partial charge on any atom is -0.494 e. The number of hydrogen-bond acceptors (Lipinski definition) is 5. The Morgan fingerprint density at radius 3 is 2.58 bits per heavy atom. The molecular weight excluding hydrogens is 308 g/mol. The number of benzene rings is 2. The fraction of sp³-hybridized carbons (Fsp3) is 0.333. The minimum atomic E-state index is -0.780. The van der Waals surface area contributed by atoms with Crippen molar-refractivity contribution in [3.8, 4) is 5.75 Å². The summed E-state index contributed by atoms with van der Waals surface area (Å²) in [5, 5.41) is 21.1. The van der Waals surface area contributed by atoms with E-state index < -0.39 is 11.0 Å². The number of nitro benzene ring substituents is 1. The van der Waals surface area contributed by atoms with E-state index in [2.05, 4.69) is 0 Å². The van der Waals surface area contributed by atoms with Crippen LogP contribution in [0.4, 0.5) is 5.69 Å². The molecule has 0 saturated heterocycles. The van der Waals surface area contributed by atoms with Crippen molar-refractivity contribution in [1.82, 2.24) is 4.90 Å². The number of nitrogens with zero attached hydrogens (tertiary/aromatic N) is 2. The summed E-state index contributed by atoms with van der Waals surface area (Å²) in [6, 6.07) is 13.9. The van der Waals surface area contributed by atoms with Gasteiger partial charge in [0.05, 0.1) is 17.6 Å². The number of hydrogen-bond donors (Lipinski definition) is 1. The molecule has 0 aliphatic carbocycles. The second-order valence-electron chi connectivity index (χ2n) is 5.64. The van der Waals surface area contributed by atoms with Crippen molar-refractivity contribution in [1.29, 1.82) is 0 Å². The summed E-state index contributed by atoms with van der Waals surface area (Å²) in [6.07, 6.45) is -0.780. The molecule has 0 aromatic heterocycles. The predicted octanol–water partition coefficient (Wildman–Crippen LogP) is 3.16. The predicted molar refractivity (Wildman–Crippen MR) is 92.0 cm³/mol. The van der Waals surface area contributed by atoms with E-state index in [0.29, 0.717) is 25.3 Å². The molecule has 0 fully saturated rings. The Morgan fingerprint density at radius 1 is 1.25 bits per heavy atom. The number of likely N-dealkylation sites (N-methyl/N-ethyl adjacent to an activating group) is 1. The molecule has 1 N–H and O–H groups in total. The molecular formula is C18H22N2O4. The summed E-state index contributed by atoms with van der Waals surface area (Å²) in [4.78, 5) is 12.3. The van der Waals surface area contributed by atoms with Gasteiger partial charge in [0.2, 0.25) is 0 Å². The van der Waals surface area contributed by atoms with Crippen molar-refractivity contribution in [3.63, 3.8) is 0 Å². The topological polar surface area (TPSA) is 75.8 Å². The number of aliphatic hydroxyl groups excluding tert-OH is 1. The van der Waals surface area contributed by atoms with Crippen molar-refractivity contribution in [3.05, 3.63) is 69.8 Å². The zero-order chi connectivity index (χ0) is 17.5. The molecule has 6 heteroatoms. The minimum absolute atomic E-state index is 0.0132. The maximum Gasteiger partial charge on any atom is 0.269 e. The van der Waals surface area contributed by atoms with Crippen molar-refractivity contribution in [2.45, 2.75) is 19.6 Å². The number of nitro groups is 1. The quantitative estimate of drug-likeness (QED) is 0.594. The van der Waals surface area contributed by atoms with Crippen LogP contribution in [-0.4, -0.2) is 35.1 Å². The van der Waals surface area contributed by atoms with E-state index in [1.807, 2.05) is 43.1 Å². The SMILES string of the molecule is CCOc1ccc(CN(C)CC(O)c2cccc([N+](=O)[O-])c2)cc1. The molecule has 0 amide bonds. The van der Waals surface area contributed by atoms with Crippen molar-refractivity contribution in [2.24, 2.45) is 0 Å². The zero-order valence-electron chi connectivity index (χ0n) is 13.9. The third-order valence-corrected chi connectivity index (χ3v) is 3.64. The number of non-ortho nitro benzene ring substituents is 1. The zero-order valence-corrected chi connectivity index (χ0v) is 13.9. The van der Waals surface area contributed by atoms with Crippen molar-refractivity contribution in [2.75, 3.05) is 20.2 Å². The standard InChI is InChI=1S/C18H22N2O4/c1-3-24-17-9-7-14(8-10-17)12-19(2)13-18(21)15-5-4-6-16(11-15)20(22)23/h4-11,18,21H,3,12-13H2,1-2H3. The van der Waals surface area contributed by atoms with Crippen LogP contribution in [0.25, 0.3) is 0 Å². The summed E-state index contributed by atoms with van der Waals surface area (Å²) >= 11 is 0. The van der Waals surface area contributed by atoms with Crippen LogP contribution in [0, 0.1) is 10.1 Å². The van der Waals surface area contributed by atoms with E-state index in [9.17, 15) is 15.2 Å². The summed E-state index contributed by atoms with van der Waals surface area (Å²) < 4.78 is 5.41. The molecule has 0 heterocycles. The lowest BCUT2D eigenvalue weighted by atomic mass is 10.1. The van der Waals surface area contributed by atoms with Gasteiger partial charge in [-0.3, -0.25) is 15.0 Å². The first-order chi connectivity index (χ1) is 11.5. The Balaban J connectivity index is 1.94. The van der Waals surface area contributed by atoms with Gasteiger partial charge in [0, 0.05) is 25.2 Å². The maximum atomic E-state index is 10.8. The molecule has 128 valence electrons. The van der Waals surface area contributed by atoms with Crippen LogP contribution in [0.1, 0.15) is 24.2 Å². The summed E-state index contributed by atoms with van der Waals surface area (Å²) in [6.45, 7) is 3.62. The Kier molecular flexibility index (Phi) is 6.28. The Hall–Kier alpha value is -2.44. The smallest absolute Gasteiger partial charge is 0.269 e. The van der Waals surface area contributed by atoms with Gasteiger partial charge in [0.25, 0.3) is 5.69 Å². The second-order valence-corrected chi connectivity index (χ2v) is 5.64. The van der Waals surface area contributed by atoms with E-state index >= 15 is 0 Å². The van der Waals surface area contributed by atoms with Crippen molar-refractivity contribution >= 4 is 5.69 Å². The highest BCUT2D eigenvalue weighted by Crippen LogP contribution is 2.20. The molecule has 0 aliphatic rings. The lowest BCUT2D eigenvalue weighted by Gasteiger charge is -2.21. The largest absolute Gasteiger partial charge is 0.494 e. The molecule has 2 aromatic rings. The third-order valence-electron chi connectivity index (χ3n) is 3.64. The number of rotatable bonds is 8. The Morgan fingerprint density at radius 2 is 1.96 bits per heavy atom. The highest BCUT2D eigenvalue weighted by atomic mass is 16.6. The molecule has 2 aromatic carbocycles. The molecule has 0 bridgehead atoms. The van der Waals surface area contributed by atoms with Crippen LogP contribution in [0.5, 0.6) is 5.75 Å². The Bertz CT molecular complexity index is 673. The molecule has 2 rings (SSSR count). The molecule has 1 unspecified atom stereocenters. The van der Waals surface area contributed by atoms with Gasteiger partial charge in [-0.05, 0) is 37.2 Å². The van der Waals surface area contributed by atoms with Crippen LogP contribution in [0.3, 0.4) is 0 Å². The van der Waals surface area contributed by atoms with Crippen molar-refractivity contribution < 1.29 is 14.8 Å². The Labute approximate surface area is 141 Å². The van der Waals surface area contributed by atoms with Gasteiger partial charge in [-0.1, -0.05) is 24.3 Å². The van der Waals surface area contributed by atoms with Gasteiger partial charge >= 0.3 is 0 Å². The third kappa shape index (κ3) is 5.04. The molecule has 0 radical (unpaired) electrons. The van der Waals surface area contributed by atoms with Crippen LogP contribution in [0.2, 0.25) is 0 Å². The highest BCUT2D eigenvalue weighted by molar-refractivity contribution is 5.35. The molecule has 1 atom stereocenters. The van der Waals surface area contributed by atoms with E-state index in [0.717, 1.165) is 11.3 Å². The summed E-state index contributed by atoms with van der Waals surface area (Å²) in [7, 11) is 1.90. The van der Waals surface area contributed by atoms with Crippen LogP contribution < -0.4 is 4.74 Å². The van der Waals surface area contributed by atoms with Crippen LogP contribution in [0.15, 0.2) is 48.5 Å². The van der Waals surface area contributed by atoms with E-state index in [4.69, 9.17) is 4.74 Å². The molecule has 24 heavy (non-hydrogen) atoms. The number of ether oxygens (including phenoxy) is 1. The van der Waals surface area contributed by atoms with E-state index in [1.165, 1.54) is 12.1 Å². The first-order valence-electron chi connectivity index (χ1n) is 7.82. The fourth-order valence-electron chi connectivity index (χ4n) is 2.48. The van der Waals surface area contributed by atoms with Crippen LogP contribution >= 0.6 is 0 Å². The average Bonchev–Trinajstić information content (AvgIpc) is 2.57. The molecule has 0 spiro atoms. The first-order valence-corrected chi connectivity index (χ1v) is 7.82. The lowest BCUT2D eigenvalue weighted by Crippen LogP contribution is -2.24. The van der Waals surface area contributed by atoms with Crippen LogP contribution in [-0.2, 0) is 6.54 Å². The van der Waals surface area contributed by atoms with E-state index in [1.54, 1.807) is 12.1 Å². The van der Waals surface area contributed by atoms with E-state index in [-0.39, 0.29) is 5.69 Å². The molecule has 0 aliphatic heterocycles.